The van der Waals surface area contributed by atoms with Crippen LogP contribution in [-0.2, 0) is 6.61 Å². The molecular formula is C19H20N6O2. The summed E-state index contributed by atoms with van der Waals surface area (Å²) in [6.07, 6.45) is 6.82. The fourth-order valence-electron chi connectivity index (χ4n) is 3.27. The fraction of sp³-hybridized carbons (Fsp3) is 0.263. The number of aromatic nitrogens is 6. The van der Waals surface area contributed by atoms with Gasteiger partial charge in [-0.25, -0.2) is 9.67 Å². The number of rotatable bonds is 4. The van der Waals surface area contributed by atoms with Gasteiger partial charge in [0.15, 0.2) is 5.82 Å². The van der Waals surface area contributed by atoms with Gasteiger partial charge in [0.1, 0.15) is 5.65 Å². The van der Waals surface area contributed by atoms with Crippen molar-refractivity contribution in [3.05, 3.63) is 64.1 Å². The molecular weight excluding hydrogens is 344 g/mol. The van der Waals surface area contributed by atoms with E-state index in [1.54, 1.807) is 35.4 Å². The van der Waals surface area contributed by atoms with Crippen LogP contribution in [0.15, 0.2) is 41.7 Å². The molecule has 0 aliphatic carbocycles. The molecule has 2 N–H and O–H groups in total. The van der Waals surface area contributed by atoms with E-state index in [2.05, 4.69) is 20.2 Å². The third-order valence-corrected chi connectivity index (χ3v) is 4.60. The Morgan fingerprint density at radius 2 is 2.00 bits per heavy atom. The van der Waals surface area contributed by atoms with Gasteiger partial charge in [0.05, 0.1) is 19.0 Å². The number of pyridine rings is 1. The fourth-order valence-corrected chi connectivity index (χ4v) is 3.27. The van der Waals surface area contributed by atoms with Crippen LogP contribution in [0, 0.1) is 6.92 Å². The maximum absolute atomic E-state index is 12.8. The average Bonchev–Trinajstić information content (AvgIpc) is 3.28. The molecule has 0 atom stereocenters. The van der Waals surface area contributed by atoms with Crippen LogP contribution in [0.5, 0.6) is 0 Å². The van der Waals surface area contributed by atoms with Crippen LogP contribution < -0.4 is 5.56 Å². The third kappa shape index (κ3) is 2.83. The number of hydrogen-bond donors (Lipinski definition) is 2. The van der Waals surface area contributed by atoms with Crippen molar-refractivity contribution in [2.24, 2.45) is 0 Å². The van der Waals surface area contributed by atoms with Crippen LogP contribution in [0.25, 0.3) is 22.6 Å². The number of hydrogen-bond acceptors (Lipinski definition) is 5. The van der Waals surface area contributed by atoms with Crippen molar-refractivity contribution < 1.29 is 5.11 Å². The highest BCUT2D eigenvalue weighted by atomic mass is 16.3. The highest BCUT2D eigenvalue weighted by Gasteiger charge is 2.17. The van der Waals surface area contributed by atoms with E-state index < -0.39 is 0 Å². The van der Waals surface area contributed by atoms with Gasteiger partial charge in [-0.2, -0.15) is 14.7 Å². The Balaban J connectivity index is 1.79. The predicted molar refractivity (Wildman–Crippen MR) is 101 cm³/mol. The van der Waals surface area contributed by atoms with E-state index in [4.69, 9.17) is 5.11 Å². The van der Waals surface area contributed by atoms with E-state index >= 15 is 0 Å². The topological polar surface area (TPSA) is 101 Å². The Labute approximate surface area is 155 Å². The first kappa shape index (κ1) is 17.2. The smallest absolute Gasteiger partial charge is 0.278 e. The van der Waals surface area contributed by atoms with Crippen molar-refractivity contribution in [1.82, 2.24) is 29.4 Å². The molecule has 8 heteroatoms. The lowest BCUT2D eigenvalue weighted by Gasteiger charge is -2.09. The Hall–Kier alpha value is -3.26. The van der Waals surface area contributed by atoms with Gasteiger partial charge in [0.2, 0.25) is 0 Å². The van der Waals surface area contributed by atoms with Gasteiger partial charge in [-0.05, 0) is 24.5 Å². The number of nitrogens with one attached hydrogen (secondary N) is 1. The summed E-state index contributed by atoms with van der Waals surface area (Å²) in [7, 11) is 0. The summed E-state index contributed by atoms with van der Waals surface area (Å²) in [5.74, 6) is 0.753. The molecule has 0 spiro atoms. The second kappa shape index (κ2) is 6.48. The summed E-state index contributed by atoms with van der Waals surface area (Å²) in [4.78, 5) is 20.4. The van der Waals surface area contributed by atoms with Gasteiger partial charge in [-0.1, -0.05) is 19.9 Å². The molecule has 4 aromatic heterocycles. The largest absolute Gasteiger partial charge is 0.392 e. The Bertz CT molecular complexity index is 1170. The highest BCUT2D eigenvalue weighted by molar-refractivity contribution is 5.76. The van der Waals surface area contributed by atoms with Crippen molar-refractivity contribution in [2.75, 3.05) is 0 Å². The lowest BCUT2D eigenvalue weighted by atomic mass is 10.0. The van der Waals surface area contributed by atoms with Crippen molar-refractivity contribution in [3.63, 3.8) is 0 Å². The lowest BCUT2D eigenvalue weighted by molar-refractivity contribution is 0.281. The number of aromatic amines is 1. The maximum Gasteiger partial charge on any atom is 0.278 e. The molecule has 138 valence electrons. The minimum atomic E-state index is -0.101. The van der Waals surface area contributed by atoms with Crippen molar-refractivity contribution in [2.45, 2.75) is 33.3 Å². The van der Waals surface area contributed by atoms with E-state index in [9.17, 15) is 4.79 Å². The van der Waals surface area contributed by atoms with Gasteiger partial charge in [0, 0.05) is 34.8 Å². The summed E-state index contributed by atoms with van der Waals surface area (Å²) >= 11 is 0. The van der Waals surface area contributed by atoms with Crippen LogP contribution in [0.3, 0.4) is 0 Å². The number of nitrogens with zero attached hydrogens (tertiary/aromatic N) is 5. The molecule has 0 radical (unpaired) electrons. The molecule has 4 aromatic rings. The zero-order valence-corrected chi connectivity index (χ0v) is 15.3. The zero-order chi connectivity index (χ0) is 19.1. The first-order valence-corrected chi connectivity index (χ1v) is 8.71. The normalized spacial score (nSPS) is 11.6. The first-order valence-electron chi connectivity index (χ1n) is 8.71. The number of aliphatic hydroxyl groups excluding tert-OH is 1. The molecule has 0 aromatic carbocycles. The van der Waals surface area contributed by atoms with Crippen molar-refractivity contribution in [3.8, 4) is 16.9 Å². The second-order valence-corrected chi connectivity index (χ2v) is 6.80. The van der Waals surface area contributed by atoms with Gasteiger partial charge >= 0.3 is 0 Å². The first-order chi connectivity index (χ1) is 13.0. The molecule has 0 bridgehead atoms. The predicted octanol–water partition coefficient (Wildman–Crippen LogP) is 2.19. The number of fused-ring (bicyclic) bond motifs is 1. The van der Waals surface area contributed by atoms with Crippen LogP contribution in [0.1, 0.15) is 36.6 Å². The maximum atomic E-state index is 12.8. The van der Waals surface area contributed by atoms with Crippen LogP contribution in [0.4, 0.5) is 0 Å². The minimum absolute atomic E-state index is 0.0505. The molecule has 27 heavy (non-hydrogen) atoms. The SMILES string of the molecule is Cc1[nH]c2c(-c3cnn(-c4ccc(CO)cn4)c3)cnn2c(=O)c1C(C)C. The summed E-state index contributed by atoms with van der Waals surface area (Å²) in [5.41, 5.74) is 4.48. The molecule has 0 amide bonds. The quantitative estimate of drug-likeness (QED) is 0.578. The monoisotopic (exact) mass is 364 g/mol. The van der Waals surface area contributed by atoms with Crippen LogP contribution in [0.2, 0.25) is 0 Å². The summed E-state index contributed by atoms with van der Waals surface area (Å²) in [6, 6.07) is 3.59. The standard InChI is InChI=1S/C19H20N6O2/c1-11(2)17-12(3)23-18-15(8-22-25(18)19(17)27)14-7-21-24(9-14)16-5-4-13(10-26)6-20-16/h4-9,11,23,26H,10H2,1-3H3. The number of H-pyrrole nitrogens is 1. The van der Waals surface area contributed by atoms with Gasteiger partial charge in [0.25, 0.3) is 5.56 Å². The number of aliphatic hydroxyl groups is 1. The molecule has 0 saturated heterocycles. The van der Waals surface area contributed by atoms with Gasteiger partial charge in [-0.3, -0.25) is 4.79 Å². The second-order valence-electron chi connectivity index (χ2n) is 6.80. The number of aryl methyl sites for hydroxylation is 1. The Morgan fingerprint density at radius 3 is 2.67 bits per heavy atom. The molecule has 0 aliphatic rings. The van der Waals surface area contributed by atoms with Crippen molar-refractivity contribution in [1.29, 1.82) is 0 Å². The van der Waals surface area contributed by atoms with E-state index in [1.807, 2.05) is 27.0 Å². The molecule has 0 unspecified atom stereocenters. The minimum Gasteiger partial charge on any atom is -0.392 e. The molecule has 4 heterocycles. The summed E-state index contributed by atoms with van der Waals surface area (Å²) < 4.78 is 3.05. The van der Waals surface area contributed by atoms with Gasteiger partial charge in [-0.15, -0.1) is 0 Å². The Kier molecular flexibility index (Phi) is 4.12. The van der Waals surface area contributed by atoms with Crippen LogP contribution in [-0.4, -0.2) is 34.5 Å². The van der Waals surface area contributed by atoms with Crippen molar-refractivity contribution >= 4 is 5.65 Å². The molecule has 0 saturated carbocycles. The van der Waals surface area contributed by atoms with E-state index in [0.717, 1.165) is 27.9 Å². The van der Waals surface area contributed by atoms with Gasteiger partial charge < -0.3 is 10.1 Å². The highest BCUT2D eigenvalue weighted by Crippen LogP contribution is 2.24. The Morgan fingerprint density at radius 1 is 1.19 bits per heavy atom. The van der Waals surface area contributed by atoms with E-state index in [0.29, 0.717) is 11.5 Å². The summed E-state index contributed by atoms with van der Waals surface area (Å²) in [6.45, 7) is 5.84. The van der Waals surface area contributed by atoms with E-state index in [1.165, 1.54) is 4.52 Å². The lowest BCUT2D eigenvalue weighted by Crippen LogP contribution is -2.22. The summed E-state index contributed by atoms with van der Waals surface area (Å²) in [5, 5.41) is 17.8. The van der Waals surface area contributed by atoms with E-state index in [-0.39, 0.29) is 18.1 Å². The molecule has 0 fully saturated rings. The molecule has 0 aliphatic heterocycles. The van der Waals surface area contributed by atoms with Crippen LogP contribution >= 0.6 is 0 Å². The average molecular weight is 364 g/mol. The molecule has 4 rings (SSSR count). The zero-order valence-electron chi connectivity index (χ0n) is 15.3. The third-order valence-electron chi connectivity index (χ3n) is 4.60. The molecule has 8 nitrogen and oxygen atoms in total.